The van der Waals surface area contributed by atoms with Crippen LogP contribution < -0.4 is 15.4 Å². The standard InChI is InChI=1S/C27H25F3N6O3S/c28-27(29,30)39-22-9-5-6-18(14-22)15-23(37)33-21-12-11-19(32-17-21)7-1-2-10-25-35-36-26(40-25)34-24(38)16-20-8-3-4-13-31-20/h3-6,8-9,11-14,17H,1-2,7,10,15-16H2,(H,33,37)(H,34,36,38). The number of benzene rings is 1. The second-order valence-corrected chi connectivity index (χ2v) is 9.77. The molecular formula is C27H25F3N6O3S. The van der Waals surface area contributed by atoms with Crippen molar-refractivity contribution < 1.29 is 27.5 Å². The highest BCUT2D eigenvalue weighted by molar-refractivity contribution is 7.15. The maximum absolute atomic E-state index is 12.4. The number of aryl methyl sites for hydroxylation is 2. The van der Waals surface area contributed by atoms with Crippen molar-refractivity contribution >= 4 is 34.0 Å². The van der Waals surface area contributed by atoms with Crippen molar-refractivity contribution in [1.29, 1.82) is 0 Å². The van der Waals surface area contributed by atoms with E-state index in [1.165, 1.54) is 29.5 Å². The Labute approximate surface area is 231 Å². The number of carbonyl (C=O) groups is 2. The van der Waals surface area contributed by atoms with Crippen LogP contribution in [-0.2, 0) is 35.3 Å². The number of nitrogens with zero attached hydrogens (tertiary/aromatic N) is 4. The van der Waals surface area contributed by atoms with Gasteiger partial charge in [-0.25, -0.2) is 0 Å². The summed E-state index contributed by atoms with van der Waals surface area (Å²) in [5.41, 5.74) is 2.41. The summed E-state index contributed by atoms with van der Waals surface area (Å²) in [6, 6.07) is 14.2. The number of nitrogens with one attached hydrogen (secondary N) is 2. The fourth-order valence-corrected chi connectivity index (χ4v) is 4.51. The number of halogens is 3. The van der Waals surface area contributed by atoms with Gasteiger partial charge in [0.05, 0.1) is 24.7 Å². The first kappa shape index (κ1) is 28.6. The first-order chi connectivity index (χ1) is 19.2. The van der Waals surface area contributed by atoms with Crippen LogP contribution in [0.25, 0.3) is 0 Å². The van der Waals surface area contributed by atoms with Crippen LogP contribution in [0.3, 0.4) is 0 Å². The van der Waals surface area contributed by atoms with Gasteiger partial charge in [-0.2, -0.15) is 0 Å². The summed E-state index contributed by atoms with van der Waals surface area (Å²) in [5.74, 6) is -0.960. The molecule has 0 aliphatic rings. The lowest BCUT2D eigenvalue weighted by Gasteiger charge is -2.10. The van der Waals surface area contributed by atoms with E-state index in [0.717, 1.165) is 36.4 Å². The van der Waals surface area contributed by atoms with Gasteiger partial charge < -0.3 is 15.4 Å². The lowest BCUT2D eigenvalue weighted by Crippen LogP contribution is -2.18. The van der Waals surface area contributed by atoms with Crippen molar-refractivity contribution in [2.24, 2.45) is 0 Å². The van der Waals surface area contributed by atoms with Gasteiger partial charge in [0.25, 0.3) is 0 Å². The van der Waals surface area contributed by atoms with Crippen molar-refractivity contribution in [2.45, 2.75) is 44.9 Å². The molecule has 0 atom stereocenters. The summed E-state index contributed by atoms with van der Waals surface area (Å²) in [6.45, 7) is 0. The Morgan fingerprint density at radius 2 is 1.68 bits per heavy atom. The molecule has 0 saturated heterocycles. The second kappa shape index (κ2) is 13.6. The van der Waals surface area contributed by atoms with Crippen molar-refractivity contribution in [3.63, 3.8) is 0 Å². The minimum atomic E-state index is -4.80. The largest absolute Gasteiger partial charge is 0.573 e. The summed E-state index contributed by atoms with van der Waals surface area (Å²) in [5, 5.41) is 14.9. The Morgan fingerprint density at radius 1 is 0.850 bits per heavy atom. The second-order valence-electron chi connectivity index (χ2n) is 8.71. The fourth-order valence-electron chi connectivity index (χ4n) is 3.71. The zero-order valence-electron chi connectivity index (χ0n) is 21.1. The highest BCUT2D eigenvalue weighted by Gasteiger charge is 2.31. The number of unbranched alkanes of at least 4 members (excludes halogenated alkanes) is 1. The molecule has 0 aliphatic heterocycles. The molecule has 0 unspecified atom stereocenters. The molecule has 13 heteroatoms. The number of ether oxygens (including phenoxy) is 1. The highest BCUT2D eigenvalue weighted by atomic mass is 32.1. The van der Waals surface area contributed by atoms with E-state index in [-0.39, 0.29) is 30.4 Å². The van der Waals surface area contributed by atoms with E-state index in [4.69, 9.17) is 0 Å². The molecule has 0 radical (unpaired) electrons. The van der Waals surface area contributed by atoms with E-state index in [1.54, 1.807) is 36.7 Å². The van der Waals surface area contributed by atoms with Gasteiger partial charge in [-0.3, -0.25) is 19.6 Å². The number of amides is 2. The van der Waals surface area contributed by atoms with Crippen LogP contribution in [0, 0.1) is 0 Å². The molecule has 0 bridgehead atoms. The molecule has 4 rings (SSSR count). The molecule has 0 aliphatic carbocycles. The molecule has 4 aromatic rings. The number of hydrogen-bond acceptors (Lipinski definition) is 8. The SMILES string of the molecule is O=C(Cc1cccc(OC(F)(F)F)c1)Nc1ccc(CCCCc2nnc(NC(=O)Cc3ccccn3)s2)nc1. The average molecular weight is 571 g/mol. The normalized spacial score (nSPS) is 11.2. The molecule has 40 heavy (non-hydrogen) atoms. The van der Waals surface area contributed by atoms with Crippen molar-refractivity contribution in [2.75, 3.05) is 10.6 Å². The van der Waals surface area contributed by atoms with Crippen LogP contribution in [0.5, 0.6) is 5.75 Å². The van der Waals surface area contributed by atoms with Crippen LogP contribution in [0.4, 0.5) is 24.0 Å². The topological polar surface area (TPSA) is 119 Å². The predicted molar refractivity (Wildman–Crippen MR) is 143 cm³/mol. The molecular weight excluding hydrogens is 545 g/mol. The Bertz CT molecular complexity index is 1420. The molecule has 208 valence electrons. The van der Waals surface area contributed by atoms with E-state index >= 15 is 0 Å². The number of pyridine rings is 2. The Kier molecular flexibility index (Phi) is 9.73. The van der Waals surface area contributed by atoms with Gasteiger partial charge in [-0.1, -0.05) is 29.5 Å². The van der Waals surface area contributed by atoms with E-state index in [0.29, 0.717) is 22.1 Å². The molecule has 3 aromatic heterocycles. The van der Waals surface area contributed by atoms with E-state index in [9.17, 15) is 22.8 Å². The van der Waals surface area contributed by atoms with Crippen LogP contribution in [0.15, 0.2) is 67.0 Å². The molecule has 0 saturated carbocycles. The number of anilines is 2. The molecule has 9 nitrogen and oxygen atoms in total. The van der Waals surface area contributed by atoms with Gasteiger partial charge in [-0.15, -0.1) is 23.4 Å². The molecule has 3 heterocycles. The van der Waals surface area contributed by atoms with Crippen LogP contribution in [0.1, 0.15) is 34.8 Å². The summed E-state index contributed by atoms with van der Waals surface area (Å²) in [4.78, 5) is 33.0. The minimum Gasteiger partial charge on any atom is -0.406 e. The lowest BCUT2D eigenvalue weighted by molar-refractivity contribution is -0.274. The summed E-state index contributed by atoms with van der Waals surface area (Å²) < 4.78 is 41.1. The quantitative estimate of drug-likeness (QED) is 0.226. The predicted octanol–water partition coefficient (Wildman–Crippen LogP) is 5.15. The van der Waals surface area contributed by atoms with Gasteiger partial charge in [-0.05, 0) is 61.2 Å². The zero-order chi connectivity index (χ0) is 28.4. The molecule has 2 amide bonds. The van der Waals surface area contributed by atoms with Gasteiger partial charge in [0.2, 0.25) is 16.9 Å². The Balaban J connectivity index is 1.15. The first-order valence-electron chi connectivity index (χ1n) is 12.3. The maximum atomic E-state index is 12.4. The lowest BCUT2D eigenvalue weighted by atomic mass is 10.1. The Morgan fingerprint density at radius 3 is 2.42 bits per heavy atom. The Hall–Kier alpha value is -4.39. The summed E-state index contributed by atoms with van der Waals surface area (Å²) in [6.07, 6.45) is 1.60. The monoisotopic (exact) mass is 570 g/mol. The molecule has 1 aromatic carbocycles. The maximum Gasteiger partial charge on any atom is 0.573 e. The number of aromatic nitrogens is 4. The van der Waals surface area contributed by atoms with Gasteiger partial charge in [0, 0.05) is 24.0 Å². The van der Waals surface area contributed by atoms with Crippen LogP contribution >= 0.6 is 11.3 Å². The number of carbonyl (C=O) groups excluding carboxylic acids is 2. The van der Waals surface area contributed by atoms with Crippen molar-refractivity contribution in [3.05, 3.63) is 88.9 Å². The van der Waals surface area contributed by atoms with E-state index in [1.807, 2.05) is 12.1 Å². The summed E-state index contributed by atoms with van der Waals surface area (Å²) >= 11 is 1.34. The minimum absolute atomic E-state index is 0.113. The van der Waals surface area contributed by atoms with Crippen molar-refractivity contribution in [1.82, 2.24) is 20.2 Å². The number of hydrogen-bond donors (Lipinski definition) is 2. The van der Waals surface area contributed by atoms with Gasteiger partial charge in [0.15, 0.2) is 0 Å². The van der Waals surface area contributed by atoms with Crippen LogP contribution in [-0.4, -0.2) is 38.3 Å². The highest BCUT2D eigenvalue weighted by Crippen LogP contribution is 2.24. The molecule has 0 fully saturated rings. The molecule has 0 spiro atoms. The number of rotatable bonds is 12. The first-order valence-corrected chi connectivity index (χ1v) is 13.1. The third kappa shape index (κ3) is 9.73. The van der Waals surface area contributed by atoms with Gasteiger partial charge >= 0.3 is 6.36 Å². The third-order valence-corrected chi connectivity index (χ3v) is 6.36. The average Bonchev–Trinajstić information content (AvgIpc) is 3.34. The molecule has 2 N–H and O–H groups in total. The van der Waals surface area contributed by atoms with E-state index in [2.05, 4.69) is 35.5 Å². The van der Waals surface area contributed by atoms with Crippen LogP contribution in [0.2, 0.25) is 0 Å². The summed E-state index contributed by atoms with van der Waals surface area (Å²) in [7, 11) is 0. The van der Waals surface area contributed by atoms with Gasteiger partial charge in [0.1, 0.15) is 10.8 Å². The smallest absolute Gasteiger partial charge is 0.406 e. The number of alkyl halides is 3. The third-order valence-electron chi connectivity index (χ3n) is 5.46. The van der Waals surface area contributed by atoms with Crippen molar-refractivity contribution in [3.8, 4) is 5.75 Å². The zero-order valence-corrected chi connectivity index (χ0v) is 22.0. The van der Waals surface area contributed by atoms with E-state index < -0.39 is 6.36 Å². The fraction of sp³-hybridized carbons (Fsp3) is 0.259.